The summed E-state index contributed by atoms with van der Waals surface area (Å²) in [6.45, 7) is 5.02. The van der Waals surface area contributed by atoms with E-state index in [-0.39, 0.29) is 0 Å². The van der Waals surface area contributed by atoms with Crippen molar-refractivity contribution in [2.75, 3.05) is 5.73 Å². The highest BCUT2D eigenvalue weighted by Crippen LogP contribution is 2.27. The number of anilines is 1. The van der Waals surface area contributed by atoms with E-state index in [9.17, 15) is 0 Å². The molecule has 0 aliphatic rings. The van der Waals surface area contributed by atoms with Crippen molar-refractivity contribution in [3.05, 3.63) is 42.4 Å². The Morgan fingerprint density at radius 2 is 2.05 bits per heavy atom. The monoisotopic (exact) mass is 266 g/mol. The number of hydrogen-bond acceptors (Lipinski definition) is 3. The second-order valence-corrected chi connectivity index (χ2v) is 5.03. The summed E-state index contributed by atoms with van der Waals surface area (Å²) in [5.74, 6) is 0.728. The normalized spacial score (nSPS) is 11.1. The van der Waals surface area contributed by atoms with Gasteiger partial charge >= 0.3 is 0 Å². The second-order valence-electron chi connectivity index (χ2n) is 5.03. The molecule has 20 heavy (non-hydrogen) atoms. The molecule has 4 nitrogen and oxygen atoms in total. The largest absolute Gasteiger partial charge is 0.383 e. The molecule has 3 rings (SSSR count). The van der Waals surface area contributed by atoms with Crippen LogP contribution in [0.3, 0.4) is 0 Å². The van der Waals surface area contributed by atoms with E-state index in [0.717, 1.165) is 46.6 Å². The molecule has 0 atom stereocenters. The minimum atomic E-state index is 0.728. The van der Waals surface area contributed by atoms with Crippen LogP contribution < -0.4 is 5.73 Å². The van der Waals surface area contributed by atoms with E-state index >= 15 is 0 Å². The number of aryl methyl sites for hydroxylation is 2. The van der Waals surface area contributed by atoms with Crippen molar-refractivity contribution in [1.29, 1.82) is 0 Å². The third-order valence-electron chi connectivity index (χ3n) is 3.44. The van der Waals surface area contributed by atoms with Gasteiger partial charge in [-0.3, -0.25) is 4.98 Å². The molecule has 0 radical (unpaired) electrons. The number of nitrogens with zero attached hydrogens (tertiary/aromatic N) is 3. The van der Waals surface area contributed by atoms with Gasteiger partial charge in [-0.2, -0.15) is 0 Å². The van der Waals surface area contributed by atoms with Crippen molar-refractivity contribution >= 4 is 16.7 Å². The number of fused-ring (bicyclic) bond motifs is 1. The third kappa shape index (κ3) is 2.13. The number of nitrogens with two attached hydrogens (primary N) is 1. The van der Waals surface area contributed by atoms with Gasteiger partial charge in [0.15, 0.2) is 0 Å². The standard InChI is InChI=1S/C16H18N4/c1-3-8-20-10-18-15(16(20)17)13-6-7-14-12(9-13)5-4-11(2)19-14/h4-7,9-10H,3,8,17H2,1-2H3. The van der Waals surface area contributed by atoms with E-state index in [1.54, 1.807) is 0 Å². The van der Waals surface area contributed by atoms with Gasteiger partial charge in [-0.05, 0) is 31.5 Å². The molecule has 0 saturated carbocycles. The smallest absolute Gasteiger partial charge is 0.131 e. The molecule has 0 bridgehead atoms. The summed E-state index contributed by atoms with van der Waals surface area (Å²) in [5, 5.41) is 1.11. The Morgan fingerprint density at radius 3 is 2.85 bits per heavy atom. The Balaban J connectivity index is 2.08. The Morgan fingerprint density at radius 1 is 1.20 bits per heavy atom. The average Bonchev–Trinajstić information content (AvgIpc) is 2.80. The molecule has 0 saturated heterocycles. The van der Waals surface area contributed by atoms with Gasteiger partial charge in [0, 0.05) is 23.2 Å². The Hall–Kier alpha value is -2.36. The zero-order chi connectivity index (χ0) is 14.1. The van der Waals surface area contributed by atoms with Crippen molar-refractivity contribution in [1.82, 2.24) is 14.5 Å². The predicted octanol–water partition coefficient (Wildman–Crippen LogP) is 3.40. The van der Waals surface area contributed by atoms with E-state index in [1.807, 2.05) is 36.0 Å². The van der Waals surface area contributed by atoms with Crippen LogP contribution in [-0.2, 0) is 6.54 Å². The van der Waals surface area contributed by atoms with Gasteiger partial charge in [-0.1, -0.05) is 19.1 Å². The summed E-state index contributed by atoms with van der Waals surface area (Å²) >= 11 is 0. The molecular weight excluding hydrogens is 248 g/mol. The molecule has 0 spiro atoms. The zero-order valence-corrected chi connectivity index (χ0v) is 11.8. The molecule has 102 valence electrons. The first-order valence-corrected chi connectivity index (χ1v) is 6.87. The lowest BCUT2D eigenvalue weighted by atomic mass is 10.1. The van der Waals surface area contributed by atoms with Crippen LogP contribution in [0.15, 0.2) is 36.7 Å². The third-order valence-corrected chi connectivity index (χ3v) is 3.44. The highest BCUT2D eigenvalue weighted by Gasteiger charge is 2.10. The average molecular weight is 266 g/mol. The number of rotatable bonds is 3. The van der Waals surface area contributed by atoms with Gasteiger partial charge < -0.3 is 10.3 Å². The Bertz CT molecular complexity index is 758. The molecule has 1 aromatic carbocycles. The quantitative estimate of drug-likeness (QED) is 0.790. The minimum absolute atomic E-state index is 0.728. The fourth-order valence-corrected chi connectivity index (χ4v) is 2.41. The lowest BCUT2D eigenvalue weighted by Crippen LogP contribution is -2.01. The van der Waals surface area contributed by atoms with E-state index in [1.165, 1.54) is 0 Å². The molecule has 2 aromatic heterocycles. The molecule has 0 amide bonds. The number of nitrogen functional groups attached to an aromatic ring is 1. The van der Waals surface area contributed by atoms with Gasteiger partial charge in [0.1, 0.15) is 11.5 Å². The van der Waals surface area contributed by atoms with Crippen molar-refractivity contribution in [3.8, 4) is 11.3 Å². The van der Waals surface area contributed by atoms with Crippen LogP contribution in [0.1, 0.15) is 19.0 Å². The number of imidazole rings is 1. The minimum Gasteiger partial charge on any atom is -0.383 e. The number of pyridine rings is 1. The van der Waals surface area contributed by atoms with Crippen LogP contribution in [0.2, 0.25) is 0 Å². The number of benzene rings is 1. The van der Waals surface area contributed by atoms with Crippen LogP contribution in [-0.4, -0.2) is 14.5 Å². The van der Waals surface area contributed by atoms with Gasteiger partial charge in [0.2, 0.25) is 0 Å². The Kier molecular flexibility index (Phi) is 3.14. The van der Waals surface area contributed by atoms with Gasteiger partial charge in [-0.25, -0.2) is 4.98 Å². The van der Waals surface area contributed by atoms with Gasteiger partial charge in [0.25, 0.3) is 0 Å². The predicted molar refractivity (Wildman–Crippen MR) is 82.4 cm³/mol. The maximum Gasteiger partial charge on any atom is 0.131 e. The number of hydrogen-bond donors (Lipinski definition) is 1. The number of aromatic nitrogens is 3. The molecule has 4 heteroatoms. The molecule has 3 aromatic rings. The van der Waals surface area contributed by atoms with Crippen LogP contribution >= 0.6 is 0 Å². The first kappa shape index (κ1) is 12.7. The highest BCUT2D eigenvalue weighted by molar-refractivity contribution is 5.85. The highest BCUT2D eigenvalue weighted by atomic mass is 15.1. The van der Waals surface area contributed by atoms with E-state index in [4.69, 9.17) is 5.73 Å². The van der Waals surface area contributed by atoms with Crippen molar-refractivity contribution in [2.45, 2.75) is 26.8 Å². The van der Waals surface area contributed by atoms with E-state index < -0.39 is 0 Å². The van der Waals surface area contributed by atoms with Crippen LogP contribution in [0, 0.1) is 6.92 Å². The fourth-order valence-electron chi connectivity index (χ4n) is 2.41. The first-order valence-electron chi connectivity index (χ1n) is 6.87. The van der Waals surface area contributed by atoms with Gasteiger partial charge in [-0.15, -0.1) is 0 Å². The van der Waals surface area contributed by atoms with Crippen molar-refractivity contribution < 1.29 is 0 Å². The molecule has 0 aliphatic heterocycles. The maximum atomic E-state index is 6.17. The van der Waals surface area contributed by atoms with Gasteiger partial charge in [0.05, 0.1) is 11.8 Å². The molecular formula is C16H18N4. The molecule has 2 N–H and O–H groups in total. The van der Waals surface area contributed by atoms with Crippen molar-refractivity contribution in [3.63, 3.8) is 0 Å². The van der Waals surface area contributed by atoms with Crippen LogP contribution in [0.5, 0.6) is 0 Å². The van der Waals surface area contributed by atoms with Crippen LogP contribution in [0.4, 0.5) is 5.82 Å². The zero-order valence-electron chi connectivity index (χ0n) is 11.8. The molecule has 0 fully saturated rings. The Labute approximate surface area is 118 Å². The fraction of sp³-hybridized carbons (Fsp3) is 0.250. The summed E-state index contributed by atoms with van der Waals surface area (Å²) in [6.07, 6.45) is 2.85. The van der Waals surface area contributed by atoms with E-state index in [2.05, 4.69) is 29.0 Å². The topological polar surface area (TPSA) is 56.7 Å². The second kappa shape index (κ2) is 4.96. The molecule has 0 unspecified atom stereocenters. The first-order chi connectivity index (χ1) is 9.69. The lowest BCUT2D eigenvalue weighted by Gasteiger charge is -2.05. The van der Waals surface area contributed by atoms with Crippen LogP contribution in [0.25, 0.3) is 22.2 Å². The summed E-state index contributed by atoms with van der Waals surface area (Å²) < 4.78 is 1.99. The summed E-state index contributed by atoms with van der Waals surface area (Å²) in [7, 11) is 0. The van der Waals surface area contributed by atoms with Crippen molar-refractivity contribution in [2.24, 2.45) is 0 Å². The maximum absolute atomic E-state index is 6.17. The lowest BCUT2D eigenvalue weighted by molar-refractivity contribution is 0.686. The SMILES string of the molecule is CCCn1cnc(-c2ccc3nc(C)ccc3c2)c1N. The van der Waals surface area contributed by atoms with E-state index in [0.29, 0.717) is 0 Å². The summed E-state index contributed by atoms with van der Waals surface area (Å²) in [5.41, 5.74) is 10.1. The summed E-state index contributed by atoms with van der Waals surface area (Å²) in [4.78, 5) is 8.96. The molecule has 0 aliphatic carbocycles. The molecule has 2 heterocycles. The summed E-state index contributed by atoms with van der Waals surface area (Å²) in [6, 6.07) is 10.3.